The second kappa shape index (κ2) is 8.82. The molecule has 0 saturated heterocycles. The fourth-order valence-electron chi connectivity index (χ4n) is 1.35. The Morgan fingerprint density at radius 3 is 1.30 bits per heavy atom. The minimum Gasteiger partial charge on any atom is -0.351 e. The molecule has 0 aliphatic carbocycles. The van der Waals surface area contributed by atoms with E-state index in [4.69, 9.17) is 0 Å². The summed E-state index contributed by atoms with van der Waals surface area (Å²) in [6.07, 6.45) is 1.03. The fourth-order valence-corrected chi connectivity index (χ4v) is 3.33. The topological polar surface area (TPSA) is 58.2 Å². The van der Waals surface area contributed by atoms with Crippen LogP contribution in [-0.2, 0) is 9.59 Å². The molecule has 2 amide bonds. The average molecular weight is 321 g/mol. The molecule has 0 heterocycles. The van der Waals surface area contributed by atoms with Gasteiger partial charge in [-0.15, -0.1) is 0 Å². The Morgan fingerprint density at radius 1 is 0.750 bits per heavy atom. The lowest BCUT2D eigenvalue weighted by Gasteiger charge is -2.20. The zero-order valence-electron chi connectivity index (χ0n) is 13.5. The first-order valence-corrected chi connectivity index (χ1v) is 9.35. The minimum absolute atomic E-state index is 0.0797. The van der Waals surface area contributed by atoms with Crippen LogP contribution in [0.2, 0.25) is 0 Å². The summed E-state index contributed by atoms with van der Waals surface area (Å²) in [7, 11) is 3.29. The van der Waals surface area contributed by atoms with Gasteiger partial charge in [-0.05, 0) is 41.5 Å². The van der Waals surface area contributed by atoms with Gasteiger partial charge in [0.25, 0.3) is 0 Å². The van der Waals surface area contributed by atoms with E-state index in [9.17, 15) is 9.59 Å². The van der Waals surface area contributed by atoms with E-state index in [0.29, 0.717) is 12.8 Å². The SMILES string of the molecule is CC(C)(C)NC(=O)CCSSCCC(=O)NC(C)(C)C. The molecule has 0 aliphatic heterocycles. The Hall–Kier alpha value is -0.360. The van der Waals surface area contributed by atoms with Crippen molar-refractivity contribution >= 4 is 33.4 Å². The molecule has 0 fully saturated rings. The third-order valence-corrected chi connectivity index (χ3v) is 4.35. The van der Waals surface area contributed by atoms with Gasteiger partial charge in [0.1, 0.15) is 0 Å². The quantitative estimate of drug-likeness (QED) is 0.559. The van der Waals surface area contributed by atoms with Crippen LogP contribution in [0.25, 0.3) is 0 Å². The molecule has 0 aromatic heterocycles. The molecule has 0 aromatic rings. The molecule has 0 spiro atoms. The smallest absolute Gasteiger partial charge is 0.221 e. The predicted molar refractivity (Wildman–Crippen MR) is 89.9 cm³/mol. The number of hydrogen-bond acceptors (Lipinski definition) is 4. The lowest BCUT2D eigenvalue weighted by molar-refractivity contribution is -0.123. The van der Waals surface area contributed by atoms with Gasteiger partial charge in [0.05, 0.1) is 0 Å². The second-order valence-corrected chi connectivity index (χ2v) is 9.44. The normalized spacial score (nSPS) is 12.1. The van der Waals surface area contributed by atoms with Crippen molar-refractivity contribution in [3.8, 4) is 0 Å². The summed E-state index contributed by atoms with van der Waals surface area (Å²) < 4.78 is 0. The van der Waals surface area contributed by atoms with Crippen molar-refractivity contribution in [3.63, 3.8) is 0 Å². The first-order chi connectivity index (χ1) is 8.99. The van der Waals surface area contributed by atoms with E-state index in [2.05, 4.69) is 10.6 Å². The number of rotatable bonds is 7. The van der Waals surface area contributed by atoms with Crippen LogP contribution in [0.1, 0.15) is 54.4 Å². The van der Waals surface area contributed by atoms with Crippen LogP contribution in [0.5, 0.6) is 0 Å². The number of amides is 2. The Balaban J connectivity index is 3.54. The first kappa shape index (κ1) is 19.6. The largest absolute Gasteiger partial charge is 0.351 e. The molecule has 0 bridgehead atoms. The Kier molecular flexibility index (Phi) is 8.66. The number of carbonyl (C=O) groups excluding carboxylic acids is 2. The third-order valence-electron chi connectivity index (χ3n) is 1.94. The lowest BCUT2D eigenvalue weighted by atomic mass is 10.1. The van der Waals surface area contributed by atoms with Crippen molar-refractivity contribution in [1.29, 1.82) is 0 Å². The highest BCUT2D eigenvalue weighted by Crippen LogP contribution is 2.22. The molecule has 0 unspecified atom stereocenters. The third kappa shape index (κ3) is 14.1. The molecule has 118 valence electrons. The van der Waals surface area contributed by atoms with E-state index in [1.807, 2.05) is 41.5 Å². The standard InChI is InChI=1S/C14H28N2O2S2/c1-13(2,3)15-11(17)7-9-19-20-10-8-12(18)16-14(4,5)6/h7-10H2,1-6H3,(H,15,17)(H,16,18). The zero-order chi connectivity index (χ0) is 15.8. The van der Waals surface area contributed by atoms with Gasteiger partial charge in [-0.25, -0.2) is 0 Å². The first-order valence-electron chi connectivity index (χ1n) is 6.86. The molecule has 0 radical (unpaired) electrons. The summed E-state index contributed by atoms with van der Waals surface area (Å²) in [6, 6.07) is 0. The van der Waals surface area contributed by atoms with Gasteiger partial charge in [0.2, 0.25) is 11.8 Å². The summed E-state index contributed by atoms with van der Waals surface area (Å²) in [6.45, 7) is 11.8. The molecule has 2 N–H and O–H groups in total. The predicted octanol–water partition coefficient (Wildman–Crippen LogP) is 2.98. The molecule has 0 rings (SSSR count). The number of nitrogens with one attached hydrogen (secondary N) is 2. The van der Waals surface area contributed by atoms with E-state index in [-0.39, 0.29) is 22.9 Å². The van der Waals surface area contributed by atoms with E-state index in [1.54, 1.807) is 21.6 Å². The molecule has 6 heteroatoms. The highest BCUT2D eigenvalue weighted by molar-refractivity contribution is 8.76. The maximum Gasteiger partial charge on any atom is 0.221 e. The van der Waals surface area contributed by atoms with E-state index < -0.39 is 0 Å². The summed E-state index contributed by atoms with van der Waals surface area (Å²) in [5.41, 5.74) is -0.333. The van der Waals surface area contributed by atoms with E-state index in [0.717, 1.165) is 11.5 Å². The van der Waals surface area contributed by atoms with Crippen molar-refractivity contribution in [1.82, 2.24) is 10.6 Å². The summed E-state index contributed by atoms with van der Waals surface area (Å²) in [5, 5.41) is 5.86. The summed E-state index contributed by atoms with van der Waals surface area (Å²) >= 11 is 0. The van der Waals surface area contributed by atoms with Gasteiger partial charge in [-0.1, -0.05) is 21.6 Å². The van der Waals surface area contributed by atoms with Gasteiger partial charge in [0, 0.05) is 35.4 Å². The van der Waals surface area contributed by atoms with Gasteiger partial charge < -0.3 is 10.6 Å². The fraction of sp³-hybridized carbons (Fsp3) is 0.857. The van der Waals surface area contributed by atoms with Crippen LogP contribution < -0.4 is 10.6 Å². The molecule has 0 atom stereocenters. The molecule has 0 aromatic carbocycles. The van der Waals surface area contributed by atoms with Crippen LogP contribution in [0.15, 0.2) is 0 Å². The Morgan fingerprint density at radius 2 is 1.05 bits per heavy atom. The van der Waals surface area contributed by atoms with Crippen LogP contribution in [0, 0.1) is 0 Å². The highest BCUT2D eigenvalue weighted by atomic mass is 33.1. The summed E-state index contributed by atoms with van der Waals surface area (Å²) in [4.78, 5) is 23.1. The maximum absolute atomic E-state index is 11.6. The molecular formula is C14H28N2O2S2. The number of carbonyl (C=O) groups is 2. The van der Waals surface area contributed by atoms with Crippen molar-refractivity contribution in [2.75, 3.05) is 11.5 Å². The van der Waals surface area contributed by atoms with Gasteiger partial charge >= 0.3 is 0 Å². The molecule has 4 nitrogen and oxygen atoms in total. The lowest BCUT2D eigenvalue weighted by Crippen LogP contribution is -2.40. The molecule has 0 saturated carbocycles. The van der Waals surface area contributed by atoms with Gasteiger partial charge in [0.15, 0.2) is 0 Å². The van der Waals surface area contributed by atoms with Crippen LogP contribution in [0.3, 0.4) is 0 Å². The maximum atomic E-state index is 11.6. The Labute approximate surface area is 131 Å². The van der Waals surface area contributed by atoms with Crippen molar-refractivity contribution in [2.45, 2.75) is 65.5 Å². The average Bonchev–Trinajstić information content (AvgIpc) is 2.17. The van der Waals surface area contributed by atoms with Crippen molar-refractivity contribution < 1.29 is 9.59 Å². The monoisotopic (exact) mass is 320 g/mol. The van der Waals surface area contributed by atoms with Crippen molar-refractivity contribution in [2.24, 2.45) is 0 Å². The van der Waals surface area contributed by atoms with E-state index >= 15 is 0 Å². The van der Waals surface area contributed by atoms with Gasteiger partial charge in [-0.3, -0.25) is 9.59 Å². The molecule has 20 heavy (non-hydrogen) atoms. The zero-order valence-corrected chi connectivity index (χ0v) is 15.1. The molecular weight excluding hydrogens is 292 g/mol. The van der Waals surface area contributed by atoms with Crippen molar-refractivity contribution in [3.05, 3.63) is 0 Å². The highest BCUT2D eigenvalue weighted by Gasteiger charge is 2.14. The minimum atomic E-state index is -0.167. The Bertz CT molecular complexity index is 288. The number of hydrogen-bond donors (Lipinski definition) is 2. The molecule has 0 aliphatic rings. The van der Waals surface area contributed by atoms with Crippen LogP contribution in [0.4, 0.5) is 0 Å². The van der Waals surface area contributed by atoms with E-state index in [1.165, 1.54) is 0 Å². The van der Waals surface area contributed by atoms with Gasteiger partial charge in [-0.2, -0.15) is 0 Å². The second-order valence-electron chi connectivity index (χ2n) is 6.74. The van der Waals surface area contributed by atoms with Crippen LogP contribution >= 0.6 is 21.6 Å². The summed E-state index contributed by atoms with van der Waals surface area (Å²) in [5.74, 6) is 1.70. The van der Waals surface area contributed by atoms with Crippen LogP contribution in [-0.4, -0.2) is 34.4 Å².